The summed E-state index contributed by atoms with van der Waals surface area (Å²) in [4.78, 5) is 16.6. The van der Waals surface area contributed by atoms with Crippen molar-refractivity contribution in [3.05, 3.63) is 54.4 Å². The molecular formula is C27H34FN3O4. The van der Waals surface area contributed by atoms with E-state index in [0.29, 0.717) is 54.1 Å². The molecule has 1 fully saturated rings. The monoisotopic (exact) mass is 483 g/mol. The molecule has 0 spiro atoms. The average Bonchev–Trinajstić information content (AvgIpc) is 2.85. The maximum Gasteiger partial charge on any atom is 0.224 e. The smallest absolute Gasteiger partial charge is 0.224 e. The topological polar surface area (TPSA) is 81.2 Å². The van der Waals surface area contributed by atoms with Gasteiger partial charge in [-0.15, -0.1) is 0 Å². The van der Waals surface area contributed by atoms with Gasteiger partial charge in [0, 0.05) is 62.2 Å². The van der Waals surface area contributed by atoms with E-state index in [1.165, 1.54) is 6.07 Å². The Labute approximate surface area is 206 Å². The van der Waals surface area contributed by atoms with E-state index in [1.54, 1.807) is 38.4 Å². The molecule has 1 aliphatic heterocycles. The number of amides is 1. The molecule has 0 aliphatic carbocycles. The largest absolute Gasteiger partial charge is 0.491 e. The van der Waals surface area contributed by atoms with Gasteiger partial charge in [-0.05, 0) is 56.4 Å². The van der Waals surface area contributed by atoms with Crippen LogP contribution in [0.2, 0.25) is 0 Å². The lowest BCUT2D eigenvalue weighted by Crippen LogP contribution is -2.18. The maximum atomic E-state index is 15.0. The summed E-state index contributed by atoms with van der Waals surface area (Å²) >= 11 is 0. The van der Waals surface area contributed by atoms with Gasteiger partial charge in [-0.2, -0.15) is 0 Å². The third-order valence-electron chi connectivity index (χ3n) is 5.75. The normalized spacial score (nSPS) is 14.1. The minimum absolute atomic E-state index is 0.00133. The predicted molar refractivity (Wildman–Crippen MR) is 138 cm³/mol. The number of methoxy groups -OCH3 is 1. The number of rotatable bonds is 12. The van der Waals surface area contributed by atoms with Gasteiger partial charge in [-0.25, -0.2) is 4.39 Å². The summed E-state index contributed by atoms with van der Waals surface area (Å²) in [5, 5.41) is 6.06. The first kappa shape index (κ1) is 26.4. The molecule has 2 aromatic carbocycles. The van der Waals surface area contributed by atoms with Crippen LogP contribution in [0.5, 0.6) is 5.75 Å². The summed E-state index contributed by atoms with van der Waals surface area (Å²) in [5.41, 5.74) is 2.44. The minimum atomic E-state index is -0.494. The minimum Gasteiger partial charge on any atom is -0.491 e. The first-order valence-corrected chi connectivity index (χ1v) is 11.9. The summed E-state index contributed by atoms with van der Waals surface area (Å²) < 4.78 is 30.8. The van der Waals surface area contributed by atoms with E-state index in [9.17, 15) is 9.18 Å². The van der Waals surface area contributed by atoms with Gasteiger partial charge in [0.15, 0.2) is 0 Å². The molecule has 1 heterocycles. The van der Waals surface area contributed by atoms with Crippen molar-refractivity contribution in [3.8, 4) is 5.75 Å². The van der Waals surface area contributed by atoms with E-state index in [-0.39, 0.29) is 11.5 Å². The number of benzene rings is 2. The van der Waals surface area contributed by atoms with Crippen LogP contribution >= 0.6 is 0 Å². The van der Waals surface area contributed by atoms with Crippen molar-refractivity contribution in [2.45, 2.75) is 32.6 Å². The standard InChI is InChI=1S/C27H34FN3O4/c1-4-29-25-18-23(35-16-15-33-3)17-24(28)27(25)19(2)30-21-6-8-22(9-7-21)31-26(32)10-5-20-11-13-34-14-12-20/h4,6-9,17-18,20,30H,2,5,10-16H2,1,3H3,(H,31,32). The van der Waals surface area contributed by atoms with Crippen LogP contribution in [0.25, 0.3) is 5.70 Å². The second kappa shape index (κ2) is 13.6. The van der Waals surface area contributed by atoms with Crippen LogP contribution in [-0.4, -0.2) is 45.7 Å². The van der Waals surface area contributed by atoms with E-state index < -0.39 is 5.82 Å². The molecule has 0 radical (unpaired) electrons. The first-order chi connectivity index (χ1) is 17.0. The lowest BCUT2D eigenvalue weighted by atomic mass is 9.95. The number of carbonyl (C=O) groups excluding carboxylic acids is 1. The number of anilines is 2. The van der Waals surface area contributed by atoms with Gasteiger partial charge < -0.3 is 24.8 Å². The van der Waals surface area contributed by atoms with Crippen molar-refractivity contribution in [2.24, 2.45) is 10.9 Å². The SMILES string of the molecule is C=C(Nc1ccc(NC(=O)CCC2CCOCC2)cc1)c1c(F)cc(OCCOC)cc1N=CC. The molecular weight excluding hydrogens is 449 g/mol. The number of nitrogens with zero attached hydrogens (tertiary/aromatic N) is 1. The van der Waals surface area contributed by atoms with Crippen LogP contribution < -0.4 is 15.4 Å². The zero-order valence-corrected chi connectivity index (χ0v) is 20.4. The third-order valence-corrected chi connectivity index (χ3v) is 5.75. The number of halogens is 1. The fourth-order valence-electron chi connectivity index (χ4n) is 3.90. The van der Waals surface area contributed by atoms with Crippen LogP contribution in [0.4, 0.5) is 21.5 Å². The summed E-state index contributed by atoms with van der Waals surface area (Å²) in [6.45, 7) is 8.04. The van der Waals surface area contributed by atoms with Crippen molar-refractivity contribution < 1.29 is 23.4 Å². The molecule has 8 heteroatoms. The fourth-order valence-corrected chi connectivity index (χ4v) is 3.90. The zero-order valence-electron chi connectivity index (χ0n) is 20.4. The highest BCUT2D eigenvalue weighted by molar-refractivity contribution is 5.91. The van der Waals surface area contributed by atoms with E-state index in [1.807, 2.05) is 12.1 Å². The van der Waals surface area contributed by atoms with E-state index in [2.05, 4.69) is 22.2 Å². The molecule has 7 nitrogen and oxygen atoms in total. The molecule has 3 rings (SSSR count). The number of ether oxygens (including phenoxy) is 3. The zero-order chi connectivity index (χ0) is 25.0. The van der Waals surface area contributed by atoms with Crippen LogP contribution in [-0.2, 0) is 14.3 Å². The number of aliphatic imine (C=N–C) groups is 1. The molecule has 35 heavy (non-hydrogen) atoms. The highest BCUT2D eigenvalue weighted by atomic mass is 19.1. The Morgan fingerprint density at radius 1 is 1.17 bits per heavy atom. The van der Waals surface area contributed by atoms with Crippen molar-refractivity contribution in [1.82, 2.24) is 0 Å². The molecule has 0 unspecified atom stereocenters. The summed E-state index contributed by atoms with van der Waals surface area (Å²) in [5.74, 6) is 0.430. The van der Waals surface area contributed by atoms with Crippen LogP contribution in [0.1, 0.15) is 38.2 Å². The van der Waals surface area contributed by atoms with Crippen molar-refractivity contribution in [2.75, 3.05) is 44.2 Å². The van der Waals surface area contributed by atoms with Crippen LogP contribution in [0.15, 0.2) is 48.0 Å². The Bertz CT molecular complexity index is 1020. The van der Waals surface area contributed by atoms with E-state index >= 15 is 0 Å². The molecule has 0 bridgehead atoms. The third kappa shape index (κ3) is 8.19. The Balaban J connectivity index is 1.59. The van der Waals surface area contributed by atoms with Crippen LogP contribution in [0, 0.1) is 11.7 Å². The molecule has 0 atom stereocenters. The Morgan fingerprint density at radius 3 is 2.51 bits per heavy atom. The van der Waals surface area contributed by atoms with Crippen molar-refractivity contribution >= 4 is 34.9 Å². The summed E-state index contributed by atoms with van der Waals surface area (Å²) in [6.07, 6.45) is 5.00. The number of nitrogens with one attached hydrogen (secondary N) is 2. The van der Waals surface area contributed by atoms with Crippen LogP contribution in [0.3, 0.4) is 0 Å². The Morgan fingerprint density at radius 2 is 1.86 bits per heavy atom. The second-order valence-electron chi connectivity index (χ2n) is 8.35. The van der Waals surface area contributed by atoms with Gasteiger partial charge in [-0.3, -0.25) is 9.79 Å². The molecule has 2 N–H and O–H groups in total. The second-order valence-corrected chi connectivity index (χ2v) is 8.35. The molecule has 2 aromatic rings. The van der Waals surface area contributed by atoms with E-state index in [0.717, 1.165) is 32.5 Å². The van der Waals surface area contributed by atoms with Gasteiger partial charge >= 0.3 is 0 Å². The number of carbonyl (C=O) groups is 1. The highest BCUT2D eigenvalue weighted by Gasteiger charge is 2.16. The lowest BCUT2D eigenvalue weighted by Gasteiger charge is -2.21. The molecule has 188 valence electrons. The van der Waals surface area contributed by atoms with Gasteiger partial charge in [-0.1, -0.05) is 6.58 Å². The maximum absolute atomic E-state index is 15.0. The summed E-state index contributed by atoms with van der Waals surface area (Å²) in [6, 6.07) is 10.2. The lowest BCUT2D eigenvalue weighted by molar-refractivity contribution is -0.116. The van der Waals surface area contributed by atoms with E-state index in [4.69, 9.17) is 14.2 Å². The van der Waals surface area contributed by atoms with Crippen molar-refractivity contribution in [3.63, 3.8) is 0 Å². The number of hydrogen-bond acceptors (Lipinski definition) is 6. The van der Waals surface area contributed by atoms with Gasteiger partial charge in [0.2, 0.25) is 5.91 Å². The molecule has 0 saturated carbocycles. The summed E-state index contributed by atoms with van der Waals surface area (Å²) in [7, 11) is 1.57. The van der Waals surface area contributed by atoms with Gasteiger partial charge in [0.1, 0.15) is 18.2 Å². The fraction of sp³-hybridized carbons (Fsp3) is 0.407. The quantitative estimate of drug-likeness (QED) is 0.295. The van der Waals surface area contributed by atoms with Gasteiger partial charge in [0.05, 0.1) is 17.9 Å². The van der Waals surface area contributed by atoms with Gasteiger partial charge in [0.25, 0.3) is 0 Å². The molecule has 1 amide bonds. The first-order valence-electron chi connectivity index (χ1n) is 11.9. The highest BCUT2D eigenvalue weighted by Crippen LogP contribution is 2.33. The van der Waals surface area contributed by atoms with Crippen molar-refractivity contribution in [1.29, 1.82) is 0 Å². The average molecular weight is 484 g/mol. The Kier molecular flexibility index (Phi) is 10.3. The molecule has 1 saturated heterocycles. The number of hydrogen-bond donors (Lipinski definition) is 2. The predicted octanol–water partition coefficient (Wildman–Crippen LogP) is 5.80. The Hall–Kier alpha value is -3.23. The molecule has 0 aromatic heterocycles. The molecule has 1 aliphatic rings.